The van der Waals surface area contributed by atoms with E-state index in [0.29, 0.717) is 11.6 Å². The first-order valence-corrected chi connectivity index (χ1v) is 6.59. The summed E-state index contributed by atoms with van der Waals surface area (Å²) >= 11 is 5.84. The van der Waals surface area contributed by atoms with Crippen LogP contribution in [0.4, 0.5) is 4.79 Å². The van der Waals surface area contributed by atoms with Crippen LogP contribution in [0.15, 0.2) is 18.2 Å². The second-order valence-corrected chi connectivity index (χ2v) is 5.95. The van der Waals surface area contributed by atoms with Crippen molar-refractivity contribution in [2.45, 2.75) is 32.9 Å². The number of ether oxygens (including phenoxy) is 1. The van der Waals surface area contributed by atoms with E-state index in [1.165, 1.54) is 0 Å². The maximum absolute atomic E-state index is 11.5. The van der Waals surface area contributed by atoms with Gasteiger partial charge in [0, 0.05) is 22.7 Å². The Morgan fingerprint density at radius 1 is 1.40 bits per heavy atom. The second-order valence-electron chi connectivity index (χ2n) is 5.54. The van der Waals surface area contributed by atoms with Gasteiger partial charge in [-0.25, -0.2) is 4.79 Å². The number of hydrogen-bond donors (Lipinski definition) is 3. The predicted octanol–water partition coefficient (Wildman–Crippen LogP) is 3.55. The van der Waals surface area contributed by atoms with Crippen molar-refractivity contribution >= 4 is 28.6 Å². The van der Waals surface area contributed by atoms with Crippen LogP contribution in [0.25, 0.3) is 10.9 Å². The Labute approximate surface area is 121 Å². The van der Waals surface area contributed by atoms with Crippen molar-refractivity contribution in [3.05, 3.63) is 28.9 Å². The first-order chi connectivity index (χ1) is 9.24. The van der Waals surface area contributed by atoms with Crippen LogP contribution in [-0.4, -0.2) is 21.8 Å². The van der Waals surface area contributed by atoms with Crippen LogP contribution < -0.4 is 5.32 Å². The van der Waals surface area contributed by atoms with E-state index in [4.69, 9.17) is 16.3 Å². The molecule has 0 radical (unpaired) electrons. The maximum atomic E-state index is 11.5. The van der Waals surface area contributed by atoms with E-state index in [1.54, 1.807) is 32.9 Å². The molecule has 1 heterocycles. The summed E-state index contributed by atoms with van der Waals surface area (Å²) in [7, 11) is 0. The first-order valence-electron chi connectivity index (χ1n) is 6.21. The number of alkyl carbamates (subject to hydrolysis) is 1. The Hall–Kier alpha value is -1.88. The van der Waals surface area contributed by atoms with Crippen molar-refractivity contribution in [1.29, 1.82) is 0 Å². The van der Waals surface area contributed by atoms with Crippen LogP contribution >= 0.6 is 11.6 Å². The average molecular weight is 297 g/mol. The van der Waals surface area contributed by atoms with Gasteiger partial charge in [-0.1, -0.05) is 11.6 Å². The van der Waals surface area contributed by atoms with Crippen molar-refractivity contribution in [3.8, 4) is 5.75 Å². The zero-order valence-electron chi connectivity index (χ0n) is 11.6. The molecule has 0 atom stereocenters. The minimum Gasteiger partial charge on any atom is -0.506 e. The van der Waals surface area contributed by atoms with Crippen molar-refractivity contribution in [2.24, 2.45) is 0 Å². The molecule has 2 aromatic rings. The maximum Gasteiger partial charge on any atom is 0.407 e. The molecule has 1 aromatic carbocycles. The number of aromatic hydroxyl groups is 1. The number of H-pyrrole nitrogens is 1. The van der Waals surface area contributed by atoms with Crippen LogP contribution in [0.1, 0.15) is 26.5 Å². The number of aromatic amines is 1. The molecule has 0 fully saturated rings. The monoisotopic (exact) mass is 296 g/mol. The number of rotatable bonds is 2. The lowest BCUT2D eigenvalue weighted by molar-refractivity contribution is 0.0523. The average Bonchev–Trinajstić information content (AvgIpc) is 2.67. The van der Waals surface area contributed by atoms with Crippen molar-refractivity contribution in [3.63, 3.8) is 0 Å². The number of benzene rings is 1. The number of amides is 1. The van der Waals surface area contributed by atoms with E-state index in [0.717, 1.165) is 16.6 Å². The highest BCUT2D eigenvalue weighted by atomic mass is 35.5. The molecule has 0 aliphatic carbocycles. The lowest BCUT2D eigenvalue weighted by atomic mass is 10.2. The van der Waals surface area contributed by atoms with Crippen molar-refractivity contribution in [2.75, 3.05) is 0 Å². The Morgan fingerprint density at radius 2 is 2.10 bits per heavy atom. The van der Waals surface area contributed by atoms with Crippen LogP contribution in [-0.2, 0) is 11.3 Å². The SMILES string of the molecule is CC(C)(C)OC(=O)NCc1cc2cc(Cl)c(O)cc2[nH]1. The zero-order valence-corrected chi connectivity index (χ0v) is 12.3. The lowest BCUT2D eigenvalue weighted by Crippen LogP contribution is -2.32. The number of fused-ring (bicyclic) bond motifs is 1. The normalized spacial score (nSPS) is 11.6. The molecule has 108 valence electrons. The first kappa shape index (κ1) is 14.5. The van der Waals surface area contributed by atoms with Gasteiger partial charge in [0.15, 0.2) is 0 Å². The minimum absolute atomic E-state index is 0.0210. The number of aromatic nitrogens is 1. The second kappa shape index (κ2) is 5.25. The summed E-state index contributed by atoms with van der Waals surface area (Å²) in [6.45, 7) is 5.73. The summed E-state index contributed by atoms with van der Waals surface area (Å²) in [6.07, 6.45) is -0.475. The fraction of sp³-hybridized carbons (Fsp3) is 0.357. The fourth-order valence-corrected chi connectivity index (χ4v) is 1.95. The third kappa shape index (κ3) is 3.57. The molecule has 0 bridgehead atoms. The molecule has 0 unspecified atom stereocenters. The van der Waals surface area contributed by atoms with Gasteiger partial charge in [0.25, 0.3) is 0 Å². The van der Waals surface area contributed by atoms with E-state index < -0.39 is 11.7 Å². The number of carbonyl (C=O) groups excluding carboxylic acids is 1. The Kier molecular flexibility index (Phi) is 3.81. The van der Waals surface area contributed by atoms with E-state index in [-0.39, 0.29) is 5.75 Å². The van der Waals surface area contributed by atoms with E-state index in [9.17, 15) is 9.90 Å². The molecule has 2 rings (SSSR count). The number of phenols is 1. The van der Waals surface area contributed by atoms with Gasteiger partial charge < -0.3 is 20.1 Å². The highest BCUT2D eigenvalue weighted by Gasteiger charge is 2.16. The molecule has 0 aliphatic heterocycles. The van der Waals surface area contributed by atoms with E-state index in [2.05, 4.69) is 10.3 Å². The van der Waals surface area contributed by atoms with Crippen LogP contribution in [0, 0.1) is 0 Å². The minimum atomic E-state index is -0.524. The highest BCUT2D eigenvalue weighted by Crippen LogP contribution is 2.29. The molecule has 20 heavy (non-hydrogen) atoms. The summed E-state index contributed by atoms with van der Waals surface area (Å²) in [5.41, 5.74) is 1.03. The Bertz CT molecular complexity index is 605. The summed E-state index contributed by atoms with van der Waals surface area (Å²) in [4.78, 5) is 14.6. The highest BCUT2D eigenvalue weighted by molar-refractivity contribution is 6.32. The van der Waals surface area contributed by atoms with Gasteiger partial charge >= 0.3 is 6.09 Å². The third-order valence-electron chi connectivity index (χ3n) is 2.57. The Balaban J connectivity index is 2.05. The fourth-order valence-electron chi connectivity index (χ4n) is 1.78. The molecule has 0 saturated carbocycles. The van der Waals surface area contributed by atoms with Crippen LogP contribution in [0.2, 0.25) is 5.02 Å². The van der Waals surface area contributed by atoms with E-state index >= 15 is 0 Å². The van der Waals surface area contributed by atoms with Crippen LogP contribution in [0.5, 0.6) is 5.75 Å². The summed E-state index contributed by atoms with van der Waals surface area (Å²) in [5.74, 6) is 0.0210. The topological polar surface area (TPSA) is 74.3 Å². The standard InChI is InChI=1S/C14H17ClN2O3/c1-14(2,3)20-13(19)16-7-9-4-8-5-10(15)12(18)6-11(8)17-9/h4-6,17-18H,7H2,1-3H3,(H,16,19). The lowest BCUT2D eigenvalue weighted by Gasteiger charge is -2.19. The zero-order chi connectivity index (χ0) is 14.9. The number of nitrogens with one attached hydrogen (secondary N) is 2. The van der Waals surface area contributed by atoms with Gasteiger partial charge in [0.1, 0.15) is 11.4 Å². The van der Waals surface area contributed by atoms with Crippen LogP contribution in [0.3, 0.4) is 0 Å². The summed E-state index contributed by atoms with van der Waals surface area (Å²) in [6, 6.07) is 5.08. The largest absolute Gasteiger partial charge is 0.506 e. The van der Waals surface area contributed by atoms with Gasteiger partial charge in [0.05, 0.1) is 11.6 Å². The van der Waals surface area contributed by atoms with Crippen molar-refractivity contribution < 1.29 is 14.6 Å². The van der Waals surface area contributed by atoms with Crippen molar-refractivity contribution in [1.82, 2.24) is 10.3 Å². The molecular weight excluding hydrogens is 280 g/mol. The molecule has 0 spiro atoms. The summed E-state index contributed by atoms with van der Waals surface area (Å²) in [5, 5.41) is 13.4. The van der Waals surface area contributed by atoms with Gasteiger partial charge in [-0.3, -0.25) is 0 Å². The molecule has 5 nitrogen and oxygen atoms in total. The molecular formula is C14H17ClN2O3. The number of hydrogen-bond acceptors (Lipinski definition) is 3. The third-order valence-corrected chi connectivity index (χ3v) is 2.87. The predicted molar refractivity (Wildman–Crippen MR) is 78.0 cm³/mol. The van der Waals surface area contributed by atoms with Gasteiger partial charge in [-0.2, -0.15) is 0 Å². The number of phenolic OH excluding ortho intramolecular Hbond substituents is 1. The Morgan fingerprint density at radius 3 is 2.75 bits per heavy atom. The van der Waals surface area contributed by atoms with E-state index in [1.807, 2.05) is 6.07 Å². The molecule has 1 amide bonds. The molecule has 1 aromatic heterocycles. The smallest absolute Gasteiger partial charge is 0.407 e. The number of halogens is 1. The van der Waals surface area contributed by atoms with Gasteiger partial charge in [-0.15, -0.1) is 0 Å². The molecule has 6 heteroatoms. The van der Waals surface area contributed by atoms with Gasteiger partial charge in [-0.05, 0) is 32.9 Å². The van der Waals surface area contributed by atoms with Gasteiger partial charge in [0.2, 0.25) is 0 Å². The number of carbonyl (C=O) groups is 1. The summed E-state index contributed by atoms with van der Waals surface area (Å²) < 4.78 is 5.15. The quantitative estimate of drug-likeness (QED) is 0.793. The molecule has 0 aliphatic rings. The molecule has 0 saturated heterocycles. The molecule has 3 N–H and O–H groups in total.